The highest BCUT2D eigenvalue weighted by Gasteiger charge is 2.37. The third kappa shape index (κ3) is 6.29. The molecule has 35 heavy (non-hydrogen) atoms. The molecule has 0 radical (unpaired) electrons. The molecular formula is C25H31F4N3O3. The van der Waals surface area contributed by atoms with Crippen molar-refractivity contribution in [2.45, 2.75) is 64.3 Å². The van der Waals surface area contributed by atoms with Gasteiger partial charge in [0.2, 0.25) is 0 Å². The number of nitrogens with zero attached hydrogens (tertiary/aromatic N) is 2. The summed E-state index contributed by atoms with van der Waals surface area (Å²) in [5, 5.41) is 22.2. The average Bonchev–Trinajstić information content (AvgIpc) is 3.14. The van der Waals surface area contributed by atoms with Crippen LogP contribution in [0.1, 0.15) is 63.1 Å². The highest BCUT2D eigenvalue weighted by molar-refractivity contribution is 6.04. The number of allylic oxidation sites excluding steroid dienone is 1. The minimum atomic E-state index is -4.80. The van der Waals surface area contributed by atoms with E-state index < -0.39 is 35.6 Å². The number of alkyl halides is 3. The number of fused-ring (bicyclic) bond motifs is 1. The first kappa shape index (κ1) is 26.9. The Hall–Kier alpha value is -2.72. The van der Waals surface area contributed by atoms with Gasteiger partial charge < -0.3 is 20.3 Å². The molecule has 0 amide bonds. The molecule has 2 aliphatic rings. The Morgan fingerprint density at radius 3 is 2.60 bits per heavy atom. The first-order chi connectivity index (χ1) is 16.6. The van der Waals surface area contributed by atoms with Crippen molar-refractivity contribution in [2.24, 2.45) is 15.9 Å². The average molecular weight is 498 g/mol. The number of ether oxygens (including phenoxy) is 1. The molecule has 10 heteroatoms. The van der Waals surface area contributed by atoms with Gasteiger partial charge in [-0.3, -0.25) is 4.99 Å². The Kier molecular flexibility index (Phi) is 8.71. The molecule has 3 N–H and O–H groups in total. The summed E-state index contributed by atoms with van der Waals surface area (Å²) in [6, 6.07) is 2.28. The lowest BCUT2D eigenvalue weighted by atomic mass is 9.91. The van der Waals surface area contributed by atoms with Gasteiger partial charge in [0, 0.05) is 23.9 Å². The van der Waals surface area contributed by atoms with E-state index in [4.69, 9.17) is 9.84 Å². The molecular weight excluding hydrogens is 466 g/mol. The van der Waals surface area contributed by atoms with Crippen molar-refractivity contribution in [1.29, 1.82) is 0 Å². The summed E-state index contributed by atoms with van der Waals surface area (Å²) in [5.74, 6) is -0.185. The van der Waals surface area contributed by atoms with Crippen LogP contribution in [0.5, 0.6) is 0 Å². The molecule has 2 unspecified atom stereocenters. The van der Waals surface area contributed by atoms with E-state index in [1.165, 1.54) is 19.1 Å². The molecule has 0 spiro atoms. The zero-order valence-corrected chi connectivity index (χ0v) is 20.0. The normalized spacial score (nSPS) is 20.8. The van der Waals surface area contributed by atoms with Crippen molar-refractivity contribution >= 4 is 11.7 Å². The molecule has 6 nitrogen and oxygen atoms in total. The fraction of sp³-hybridized carbons (Fsp3) is 0.520. The molecule has 0 bridgehead atoms. The van der Waals surface area contributed by atoms with Crippen molar-refractivity contribution in [3.63, 3.8) is 0 Å². The van der Waals surface area contributed by atoms with Crippen LogP contribution in [-0.2, 0) is 10.9 Å². The van der Waals surface area contributed by atoms with E-state index >= 15 is 0 Å². The van der Waals surface area contributed by atoms with Crippen LogP contribution in [0.4, 0.5) is 17.6 Å². The van der Waals surface area contributed by atoms with Gasteiger partial charge in [0.25, 0.3) is 0 Å². The van der Waals surface area contributed by atoms with Gasteiger partial charge in [-0.05, 0) is 57.6 Å². The fourth-order valence-corrected chi connectivity index (χ4v) is 4.44. The van der Waals surface area contributed by atoms with E-state index in [9.17, 15) is 22.7 Å². The zero-order chi connectivity index (χ0) is 25.8. The van der Waals surface area contributed by atoms with Crippen LogP contribution in [0, 0.1) is 11.7 Å². The highest BCUT2D eigenvalue weighted by Crippen LogP contribution is 2.39. The van der Waals surface area contributed by atoms with Gasteiger partial charge in [0.05, 0.1) is 30.7 Å². The van der Waals surface area contributed by atoms with Crippen molar-refractivity contribution in [3.05, 3.63) is 58.2 Å². The van der Waals surface area contributed by atoms with Crippen molar-refractivity contribution < 1.29 is 32.5 Å². The maximum absolute atomic E-state index is 14.7. The number of aliphatic imine (C=N–C) groups is 2. The minimum absolute atomic E-state index is 0.0267. The van der Waals surface area contributed by atoms with E-state index in [2.05, 4.69) is 15.3 Å². The van der Waals surface area contributed by atoms with Gasteiger partial charge in [0.15, 0.2) is 0 Å². The van der Waals surface area contributed by atoms with Crippen LogP contribution in [-0.4, -0.2) is 41.7 Å². The van der Waals surface area contributed by atoms with Gasteiger partial charge >= 0.3 is 6.18 Å². The summed E-state index contributed by atoms with van der Waals surface area (Å²) in [5.41, 5.74) is 0.180. The molecule has 1 heterocycles. The quantitative estimate of drug-likeness (QED) is 0.395. The summed E-state index contributed by atoms with van der Waals surface area (Å²) in [6.45, 7) is 3.30. The minimum Gasteiger partial charge on any atom is -0.497 e. The third-order valence-electron chi connectivity index (χ3n) is 6.14. The molecule has 3 atom stereocenters. The number of amidine groups is 2. The van der Waals surface area contributed by atoms with Crippen LogP contribution in [0.3, 0.4) is 0 Å². The molecule has 1 aromatic carbocycles. The Balaban J connectivity index is 1.88. The maximum atomic E-state index is 14.7. The lowest BCUT2D eigenvalue weighted by molar-refractivity contribution is -0.140. The smallest absolute Gasteiger partial charge is 0.419 e. The van der Waals surface area contributed by atoms with Crippen LogP contribution in [0.25, 0.3) is 0 Å². The monoisotopic (exact) mass is 497 g/mol. The Bertz CT molecular complexity index is 1050. The van der Waals surface area contributed by atoms with Gasteiger partial charge in [-0.25, -0.2) is 9.38 Å². The molecule has 0 saturated carbocycles. The Labute approximate surface area is 202 Å². The van der Waals surface area contributed by atoms with Gasteiger partial charge in [-0.2, -0.15) is 13.2 Å². The summed E-state index contributed by atoms with van der Waals surface area (Å²) < 4.78 is 59.9. The molecule has 1 aliphatic heterocycles. The SMILES string of the molecule is COC1=C(CCC[C@@H](O)CCCO)C2C(=C1)NC(C)=NC2=NC(C)c1cccc(C(F)(F)F)c1F. The number of rotatable bonds is 10. The van der Waals surface area contributed by atoms with E-state index in [1.807, 2.05) is 6.08 Å². The van der Waals surface area contributed by atoms with Gasteiger partial charge in [-0.1, -0.05) is 12.1 Å². The number of halogens is 4. The molecule has 0 saturated heterocycles. The topological polar surface area (TPSA) is 86.4 Å². The number of nitrogens with one attached hydrogen (secondary N) is 1. The fourth-order valence-electron chi connectivity index (χ4n) is 4.44. The first-order valence-corrected chi connectivity index (χ1v) is 11.6. The second-order valence-corrected chi connectivity index (χ2v) is 8.73. The molecule has 1 aromatic rings. The summed E-state index contributed by atoms with van der Waals surface area (Å²) in [7, 11) is 1.55. The third-order valence-corrected chi connectivity index (χ3v) is 6.14. The van der Waals surface area contributed by atoms with E-state index in [-0.39, 0.29) is 12.2 Å². The number of hydrogen-bond donors (Lipinski definition) is 3. The highest BCUT2D eigenvalue weighted by atomic mass is 19.4. The van der Waals surface area contributed by atoms with Gasteiger partial charge in [0.1, 0.15) is 23.2 Å². The van der Waals surface area contributed by atoms with Crippen molar-refractivity contribution in [3.8, 4) is 0 Å². The molecule has 192 valence electrons. The Morgan fingerprint density at radius 2 is 1.94 bits per heavy atom. The van der Waals surface area contributed by atoms with Crippen molar-refractivity contribution in [2.75, 3.05) is 13.7 Å². The maximum Gasteiger partial charge on any atom is 0.419 e. The predicted molar refractivity (Wildman–Crippen MR) is 125 cm³/mol. The van der Waals surface area contributed by atoms with E-state index in [1.54, 1.807) is 14.0 Å². The second kappa shape index (κ2) is 11.3. The van der Waals surface area contributed by atoms with Gasteiger partial charge in [-0.15, -0.1) is 0 Å². The summed E-state index contributed by atoms with van der Waals surface area (Å²) in [4.78, 5) is 9.06. The number of hydrogen-bond acceptors (Lipinski definition) is 5. The standard InChI is InChI=1S/C25H31F4N3O3/c1-14(17-9-5-11-19(23(17)26)25(27,28)29)30-24-22-18(10-4-7-16(34)8-6-12-33)21(35-3)13-20(22)31-15(2)32-24/h5,9,11,13-14,16,22,33-34H,4,6-8,10,12H2,1-3H3,(H,30,31,32)/t14?,16-,22?/m1/s1. The lowest BCUT2D eigenvalue weighted by Crippen LogP contribution is -2.35. The summed E-state index contributed by atoms with van der Waals surface area (Å²) in [6.07, 6.45) is -0.682. The van der Waals surface area contributed by atoms with Crippen molar-refractivity contribution in [1.82, 2.24) is 5.32 Å². The number of aliphatic hydroxyl groups is 2. The summed E-state index contributed by atoms with van der Waals surface area (Å²) >= 11 is 0. The van der Waals surface area contributed by atoms with E-state index in [0.29, 0.717) is 55.6 Å². The molecule has 3 rings (SSSR count). The zero-order valence-electron chi connectivity index (χ0n) is 20.0. The van der Waals surface area contributed by atoms with Crippen LogP contribution in [0.15, 0.2) is 51.3 Å². The number of benzene rings is 1. The largest absolute Gasteiger partial charge is 0.497 e. The number of aliphatic hydroxyl groups excluding tert-OH is 2. The van der Waals surface area contributed by atoms with Crippen LogP contribution >= 0.6 is 0 Å². The van der Waals surface area contributed by atoms with E-state index in [0.717, 1.165) is 11.3 Å². The first-order valence-electron chi connectivity index (χ1n) is 11.6. The van der Waals surface area contributed by atoms with Crippen LogP contribution < -0.4 is 5.32 Å². The Morgan fingerprint density at radius 1 is 1.23 bits per heavy atom. The molecule has 1 aliphatic carbocycles. The lowest BCUT2D eigenvalue weighted by Gasteiger charge is -2.26. The molecule has 0 fully saturated rings. The van der Waals surface area contributed by atoms with Crippen LogP contribution in [0.2, 0.25) is 0 Å². The molecule has 0 aromatic heterocycles. The number of methoxy groups -OCH3 is 1. The second-order valence-electron chi connectivity index (χ2n) is 8.73. The predicted octanol–water partition coefficient (Wildman–Crippen LogP) is 5.04.